The number of ether oxygens (including phenoxy) is 3. The summed E-state index contributed by atoms with van der Waals surface area (Å²) in [5.41, 5.74) is 2.26. The molecule has 0 aromatic heterocycles. The summed E-state index contributed by atoms with van der Waals surface area (Å²) >= 11 is 0. The second-order valence-electron chi connectivity index (χ2n) is 8.03. The zero-order chi connectivity index (χ0) is 24.7. The molecule has 8 nitrogen and oxygen atoms in total. The maximum absolute atomic E-state index is 13.1. The van der Waals surface area contributed by atoms with Gasteiger partial charge >= 0.3 is 0 Å². The van der Waals surface area contributed by atoms with E-state index < -0.39 is 10.0 Å². The molecule has 0 bridgehead atoms. The molecule has 0 unspecified atom stereocenters. The summed E-state index contributed by atoms with van der Waals surface area (Å²) < 4.78 is 44.0. The summed E-state index contributed by atoms with van der Waals surface area (Å²) in [5.74, 6) is 0.676. The summed E-state index contributed by atoms with van der Waals surface area (Å²) in [6.07, 6.45) is 0.0158. The van der Waals surface area contributed by atoms with Crippen molar-refractivity contribution in [2.45, 2.75) is 17.9 Å². The molecule has 1 N–H and O–H groups in total. The topological polar surface area (TPSA) is 94.2 Å². The minimum absolute atomic E-state index is 0.0158. The van der Waals surface area contributed by atoms with E-state index in [9.17, 15) is 13.2 Å². The van der Waals surface area contributed by atoms with Crippen LogP contribution in [0.3, 0.4) is 0 Å². The van der Waals surface area contributed by atoms with E-state index in [1.807, 2.05) is 30.3 Å². The van der Waals surface area contributed by atoms with Crippen molar-refractivity contribution in [3.8, 4) is 11.5 Å². The van der Waals surface area contributed by atoms with Crippen LogP contribution in [0, 0.1) is 0 Å². The highest BCUT2D eigenvalue weighted by Gasteiger charge is 2.29. The standard InChI is InChI=1S/C26H28N2O6S/c1-32-24-12-7-21(17-25(24)35(30,31)28-13-15-33-16-14-28)18-26(29)27-22-8-10-23(11-9-22)34-19-20-5-3-2-4-6-20/h2-12,17H,13-16,18-19H2,1H3,(H,27,29). The Morgan fingerprint density at radius 1 is 0.971 bits per heavy atom. The molecule has 0 radical (unpaired) electrons. The van der Waals surface area contributed by atoms with E-state index in [1.165, 1.54) is 17.5 Å². The minimum atomic E-state index is -3.77. The van der Waals surface area contributed by atoms with Crippen molar-refractivity contribution in [1.29, 1.82) is 0 Å². The molecule has 1 aliphatic rings. The van der Waals surface area contributed by atoms with Crippen LogP contribution in [0.4, 0.5) is 5.69 Å². The summed E-state index contributed by atoms with van der Waals surface area (Å²) in [7, 11) is -2.35. The van der Waals surface area contributed by atoms with Gasteiger partial charge in [0, 0.05) is 18.8 Å². The minimum Gasteiger partial charge on any atom is -0.495 e. The summed E-state index contributed by atoms with van der Waals surface area (Å²) in [6, 6.07) is 21.7. The molecular formula is C26H28N2O6S. The molecule has 0 aliphatic carbocycles. The maximum Gasteiger partial charge on any atom is 0.246 e. The number of amides is 1. The first-order valence-corrected chi connectivity index (χ1v) is 12.7. The van der Waals surface area contributed by atoms with Gasteiger partial charge < -0.3 is 19.5 Å². The lowest BCUT2D eigenvalue weighted by Crippen LogP contribution is -2.40. The zero-order valence-electron chi connectivity index (χ0n) is 19.5. The molecule has 1 aliphatic heterocycles. The Kier molecular flexibility index (Phi) is 8.02. The van der Waals surface area contributed by atoms with E-state index in [1.54, 1.807) is 36.4 Å². The SMILES string of the molecule is COc1ccc(CC(=O)Nc2ccc(OCc3ccccc3)cc2)cc1S(=O)(=O)N1CCOCC1. The van der Waals surface area contributed by atoms with Crippen molar-refractivity contribution in [3.05, 3.63) is 83.9 Å². The fourth-order valence-electron chi connectivity index (χ4n) is 3.72. The Morgan fingerprint density at radius 3 is 2.37 bits per heavy atom. The predicted molar refractivity (Wildman–Crippen MR) is 132 cm³/mol. The summed E-state index contributed by atoms with van der Waals surface area (Å²) in [4.78, 5) is 12.7. The predicted octanol–water partition coefficient (Wildman–Crippen LogP) is 3.48. The Hall–Kier alpha value is -3.40. The molecule has 184 valence electrons. The first kappa shape index (κ1) is 24.7. The number of hydrogen-bond donors (Lipinski definition) is 1. The van der Waals surface area contributed by atoms with Crippen LogP contribution in [-0.2, 0) is 32.6 Å². The largest absolute Gasteiger partial charge is 0.495 e. The molecule has 1 saturated heterocycles. The fourth-order valence-corrected chi connectivity index (χ4v) is 5.34. The van der Waals surface area contributed by atoms with Crippen LogP contribution in [0.25, 0.3) is 0 Å². The van der Waals surface area contributed by atoms with Crippen LogP contribution in [0.1, 0.15) is 11.1 Å². The molecule has 3 aromatic carbocycles. The Morgan fingerprint density at radius 2 is 1.69 bits per heavy atom. The van der Waals surface area contributed by atoms with Crippen molar-refractivity contribution < 1.29 is 27.4 Å². The molecule has 1 fully saturated rings. The number of hydrogen-bond acceptors (Lipinski definition) is 6. The number of methoxy groups -OCH3 is 1. The third-order valence-corrected chi connectivity index (χ3v) is 7.49. The lowest BCUT2D eigenvalue weighted by atomic mass is 10.1. The van der Waals surface area contributed by atoms with Crippen LogP contribution >= 0.6 is 0 Å². The zero-order valence-corrected chi connectivity index (χ0v) is 20.3. The Balaban J connectivity index is 1.39. The number of morpholine rings is 1. The van der Waals surface area contributed by atoms with Crippen molar-refractivity contribution in [3.63, 3.8) is 0 Å². The lowest BCUT2D eigenvalue weighted by Gasteiger charge is -2.26. The number of nitrogens with one attached hydrogen (secondary N) is 1. The quantitative estimate of drug-likeness (QED) is 0.488. The van der Waals surface area contributed by atoms with E-state index in [-0.39, 0.29) is 36.1 Å². The number of benzene rings is 3. The average Bonchev–Trinajstić information content (AvgIpc) is 2.89. The Labute approximate surface area is 205 Å². The van der Waals surface area contributed by atoms with Gasteiger partial charge in [0.1, 0.15) is 23.0 Å². The van der Waals surface area contributed by atoms with E-state index in [0.29, 0.717) is 36.8 Å². The highest BCUT2D eigenvalue weighted by molar-refractivity contribution is 7.89. The maximum atomic E-state index is 13.1. The molecule has 0 spiro atoms. The number of sulfonamides is 1. The summed E-state index contributed by atoms with van der Waals surface area (Å²) in [6.45, 7) is 1.71. The highest BCUT2D eigenvalue weighted by Crippen LogP contribution is 2.29. The third-order valence-electron chi connectivity index (χ3n) is 5.57. The van der Waals surface area contributed by atoms with Gasteiger partial charge in [-0.05, 0) is 47.5 Å². The number of nitrogens with zero attached hydrogens (tertiary/aromatic N) is 1. The van der Waals surface area contributed by atoms with E-state index >= 15 is 0 Å². The van der Waals surface area contributed by atoms with E-state index in [4.69, 9.17) is 14.2 Å². The van der Waals surface area contributed by atoms with Crippen LogP contribution in [-0.4, -0.2) is 52.0 Å². The molecular weight excluding hydrogens is 468 g/mol. The summed E-state index contributed by atoms with van der Waals surface area (Å²) in [5, 5.41) is 2.84. The molecule has 0 saturated carbocycles. The van der Waals surface area contributed by atoms with Gasteiger partial charge in [0.2, 0.25) is 15.9 Å². The molecule has 35 heavy (non-hydrogen) atoms. The van der Waals surface area contributed by atoms with Crippen molar-refractivity contribution in [2.24, 2.45) is 0 Å². The number of anilines is 1. The molecule has 0 atom stereocenters. The van der Waals surface area contributed by atoms with Crippen LogP contribution in [0.2, 0.25) is 0 Å². The van der Waals surface area contributed by atoms with Gasteiger partial charge in [-0.1, -0.05) is 36.4 Å². The monoisotopic (exact) mass is 496 g/mol. The molecule has 1 heterocycles. The van der Waals surface area contributed by atoms with E-state index in [0.717, 1.165) is 5.56 Å². The van der Waals surface area contributed by atoms with Gasteiger partial charge in [0.25, 0.3) is 0 Å². The molecule has 4 rings (SSSR count). The van der Waals surface area contributed by atoms with Gasteiger partial charge in [-0.2, -0.15) is 4.31 Å². The fraction of sp³-hybridized carbons (Fsp3) is 0.269. The second kappa shape index (κ2) is 11.4. The number of carbonyl (C=O) groups is 1. The van der Waals surface area contributed by atoms with Crippen LogP contribution < -0.4 is 14.8 Å². The molecule has 3 aromatic rings. The van der Waals surface area contributed by atoms with Crippen molar-refractivity contribution in [2.75, 3.05) is 38.7 Å². The van der Waals surface area contributed by atoms with Gasteiger partial charge in [-0.25, -0.2) is 8.42 Å². The molecule has 1 amide bonds. The normalized spacial score (nSPS) is 14.3. The van der Waals surface area contributed by atoms with Crippen LogP contribution in [0.5, 0.6) is 11.5 Å². The number of carbonyl (C=O) groups excluding carboxylic acids is 1. The first-order valence-electron chi connectivity index (χ1n) is 11.3. The highest BCUT2D eigenvalue weighted by atomic mass is 32.2. The lowest BCUT2D eigenvalue weighted by molar-refractivity contribution is -0.115. The first-order chi connectivity index (χ1) is 17.0. The van der Waals surface area contributed by atoms with Gasteiger partial charge in [0.05, 0.1) is 26.7 Å². The average molecular weight is 497 g/mol. The third kappa shape index (κ3) is 6.39. The van der Waals surface area contributed by atoms with Crippen molar-refractivity contribution in [1.82, 2.24) is 4.31 Å². The second-order valence-corrected chi connectivity index (χ2v) is 9.93. The van der Waals surface area contributed by atoms with Crippen LogP contribution in [0.15, 0.2) is 77.7 Å². The van der Waals surface area contributed by atoms with Gasteiger partial charge in [0.15, 0.2) is 0 Å². The number of rotatable bonds is 9. The van der Waals surface area contributed by atoms with Gasteiger partial charge in [-0.3, -0.25) is 4.79 Å². The van der Waals surface area contributed by atoms with E-state index in [2.05, 4.69) is 5.32 Å². The molecule has 9 heteroatoms. The van der Waals surface area contributed by atoms with Crippen molar-refractivity contribution >= 4 is 21.6 Å². The van der Waals surface area contributed by atoms with Gasteiger partial charge in [-0.15, -0.1) is 0 Å². The smallest absolute Gasteiger partial charge is 0.246 e. The Bertz CT molecular complexity index is 1240.